The lowest BCUT2D eigenvalue weighted by Gasteiger charge is -2.02. The van der Waals surface area contributed by atoms with Crippen molar-refractivity contribution < 1.29 is 8.78 Å². The highest BCUT2D eigenvalue weighted by Crippen LogP contribution is 2.27. The van der Waals surface area contributed by atoms with Gasteiger partial charge in [0, 0.05) is 16.8 Å². The monoisotopic (exact) mass is 238 g/mol. The van der Waals surface area contributed by atoms with Crippen LogP contribution in [0.2, 0.25) is 0 Å². The lowest BCUT2D eigenvalue weighted by molar-refractivity contribution is 0.506. The topological polar surface area (TPSA) is 38.9 Å². The number of pyridine rings is 1. The molecule has 0 atom stereocenters. The van der Waals surface area contributed by atoms with E-state index in [-0.39, 0.29) is 0 Å². The highest BCUT2D eigenvalue weighted by molar-refractivity contribution is 7.99. The van der Waals surface area contributed by atoms with Crippen molar-refractivity contribution in [3.8, 4) is 0 Å². The first-order valence-electron chi connectivity index (χ1n) is 4.49. The lowest BCUT2D eigenvalue weighted by atomic mass is 10.3. The minimum atomic E-state index is -0.867. The van der Waals surface area contributed by atoms with Gasteiger partial charge in [0.15, 0.2) is 11.6 Å². The van der Waals surface area contributed by atoms with E-state index in [0.29, 0.717) is 15.6 Å². The summed E-state index contributed by atoms with van der Waals surface area (Å²) in [5, 5.41) is 0.644. The molecular weight excluding hydrogens is 230 g/mol. The van der Waals surface area contributed by atoms with Gasteiger partial charge in [-0.15, -0.1) is 0 Å². The number of halogens is 2. The molecule has 5 heteroatoms. The molecule has 1 aromatic carbocycles. The van der Waals surface area contributed by atoms with Crippen LogP contribution in [0.15, 0.2) is 46.5 Å². The predicted molar refractivity (Wildman–Crippen MR) is 59.1 cm³/mol. The van der Waals surface area contributed by atoms with E-state index in [1.165, 1.54) is 17.8 Å². The van der Waals surface area contributed by atoms with Gasteiger partial charge in [-0.2, -0.15) is 0 Å². The number of nitrogens with zero attached hydrogens (tertiary/aromatic N) is 1. The van der Waals surface area contributed by atoms with E-state index < -0.39 is 11.6 Å². The van der Waals surface area contributed by atoms with E-state index in [4.69, 9.17) is 5.73 Å². The highest BCUT2D eigenvalue weighted by Gasteiger charge is 2.04. The van der Waals surface area contributed by atoms with Crippen LogP contribution < -0.4 is 5.73 Å². The Bertz CT molecular complexity index is 517. The molecule has 1 heterocycles. The third-order valence-electron chi connectivity index (χ3n) is 1.87. The Balaban J connectivity index is 2.24. The molecule has 0 aliphatic heterocycles. The SMILES string of the molecule is Nc1ccnc(Sc2ccc(F)c(F)c2)c1. The highest BCUT2D eigenvalue weighted by atomic mass is 32.2. The van der Waals surface area contributed by atoms with Crippen molar-refractivity contribution in [1.29, 1.82) is 0 Å². The van der Waals surface area contributed by atoms with E-state index in [2.05, 4.69) is 4.98 Å². The molecule has 0 bridgehead atoms. The zero-order valence-electron chi connectivity index (χ0n) is 8.15. The fraction of sp³-hybridized carbons (Fsp3) is 0. The normalized spacial score (nSPS) is 10.4. The molecule has 0 amide bonds. The second-order valence-electron chi connectivity index (χ2n) is 3.11. The molecule has 0 unspecified atom stereocenters. The average Bonchev–Trinajstić information content (AvgIpc) is 2.24. The molecule has 0 aliphatic carbocycles. The van der Waals surface area contributed by atoms with Gasteiger partial charge in [0.05, 0.1) is 0 Å². The Morgan fingerprint density at radius 3 is 2.56 bits per heavy atom. The zero-order chi connectivity index (χ0) is 11.5. The number of benzene rings is 1. The Morgan fingerprint density at radius 2 is 1.88 bits per heavy atom. The standard InChI is InChI=1S/C11H8F2N2S/c12-9-2-1-8(6-10(9)13)16-11-5-7(14)3-4-15-11/h1-6H,(H2,14,15). The first-order chi connectivity index (χ1) is 7.65. The largest absolute Gasteiger partial charge is 0.399 e. The summed E-state index contributed by atoms with van der Waals surface area (Å²) in [4.78, 5) is 4.63. The fourth-order valence-corrected chi connectivity index (χ4v) is 1.99. The van der Waals surface area contributed by atoms with E-state index in [1.54, 1.807) is 18.3 Å². The van der Waals surface area contributed by atoms with Gasteiger partial charge in [-0.3, -0.25) is 0 Å². The van der Waals surface area contributed by atoms with Crippen LogP contribution in [-0.2, 0) is 0 Å². The molecule has 2 nitrogen and oxygen atoms in total. The van der Waals surface area contributed by atoms with Gasteiger partial charge in [0.2, 0.25) is 0 Å². The van der Waals surface area contributed by atoms with Gasteiger partial charge < -0.3 is 5.73 Å². The van der Waals surface area contributed by atoms with Gasteiger partial charge in [0.1, 0.15) is 5.03 Å². The van der Waals surface area contributed by atoms with Gasteiger partial charge in [-0.1, -0.05) is 11.8 Å². The summed E-state index contributed by atoms with van der Waals surface area (Å²) in [5.41, 5.74) is 6.16. The quantitative estimate of drug-likeness (QED) is 0.873. The second-order valence-corrected chi connectivity index (χ2v) is 4.20. The fourth-order valence-electron chi connectivity index (χ4n) is 1.14. The maximum atomic E-state index is 12.9. The van der Waals surface area contributed by atoms with Crippen LogP contribution in [0.25, 0.3) is 0 Å². The molecule has 82 valence electrons. The first-order valence-corrected chi connectivity index (χ1v) is 5.31. The number of hydrogen-bond donors (Lipinski definition) is 1. The van der Waals surface area contributed by atoms with Crippen molar-refractivity contribution >= 4 is 17.4 Å². The van der Waals surface area contributed by atoms with Crippen LogP contribution in [-0.4, -0.2) is 4.98 Å². The summed E-state index contributed by atoms with van der Waals surface area (Å²) in [6.45, 7) is 0. The molecule has 16 heavy (non-hydrogen) atoms. The maximum Gasteiger partial charge on any atom is 0.159 e. The van der Waals surface area contributed by atoms with Crippen LogP contribution in [0.1, 0.15) is 0 Å². The van der Waals surface area contributed by atoms with Crippen molar-refractivity contribution in [3.05, 3.63) is 48.2 Å². The van der Waals surface area contributed by atoms with Gasteiger partial charge >= 0.3 is 0 Å². The van der Waals surface area contributed by atoms with Crippen LogP contribution in [0.4, 0.5) is 14.5 Å². The van der Waals surface area contributed by atoms with Gasteiger partial charge in [-0.25, -0.2) is 13.8 Å². The van der Waals surface area contributed by atoms with Crippen LogP contribution >= 0.6 is 11.8 Å². The minimum Gasteiger partial charge on any atom is -0.399 e. The van der Waals surface area contributed by atoms with E-state index in [9.17, 15) is 8.78 Å². The number of nitrogen functional groups attached to an aromatic ring is 1. The van der Waals surface area contributed by atoms with Crippen molar-refractivity contribution in [2.24, 2.45) is 0 Å². The number of hydrogen-bond acceptors (Lipinski definition) is 3. The summed E-state index contributed by atoms with van der Waals surface area (Å²) in [5.74, 6) is -1.72. The summed E-state index contributed by atoms with van der Waals surface area (Å²) in [7, 11) is 0. The number of anilines is 1. The maximum absolute atomic E-state index is 12.9. The van der Waals surface area contributed by atoms with Crippen LogP contribution in [0.3, 0.4) is 0 Å². The smallest absolute Gasteiger partial charge is 0.159 e. The van der Waals surface area contributed by atoms with Crippen LogP contribution in [0.5, 0.6) is 0 Å². The lowest BCUT2D eigenvalue weighted by Crippen LogP contribution is -1.87. The van der Waals surface area contributed by atoms with Gasteiger partial charge in [0.25, 0.3) is 0 Å². The molecule has 0 fully saturated rings. The Hall–Kier alpha value is -1.62. The molecule has 2 rings (SSSR count). The third-order valence-corrected chi connectivity index (χ3v) is 2.79. The molecule has 1 aromatic heterocycles. The average molecular weight is 238 g/mol. The molecule has 0 spiro atoms. The summed E-state index contributed by atoms with van der Waals surface area (Å²) in [6, 6.07) is 7.05. The molecule has 0 saturated heterocycles. The molecule has 2 N–H and O–H groups in total. The first kappa shape index (κ1) is 10.9. The van der Waals surface area contributed by atoms with Gasteiger partial charge in [-0.05, 0) is 30.3 Å². The number of rotatable bonds is 2. The summed E-state index contributed by atoms with van der Waals surface area (Å²) < 4.78 is 25.6. The number of nitrogens with two attached hydrogens (primary N) is 1. The van der Waals surface area contributed by atoms with Crippen molar-refractivity contribution in [3.63, 3.8) is 0 Å². The molecular formula is C11H8F2N2S. The van der Waals surface area contributed by atoms with Crippen molar-refractivity contribution in [1.82, 2.24) is 4.98 Å². The molecule has 0 aliphatic rings. The summed E-state index contributed by atoms with van der Waals surface area (Å²) in [6.07, 6.45) is 1.57. The Kier molecular flexibility index (Phi) is 3.05. The van der Waals surface area contributed by atoms with E-state index in [1.807, 2.05) is 0 Å². The number of aromatic nitrogens is 1. The summed E-state index contributed by atoms with van der Waals surface area (Å²) >= 11 is 1.23. The third kappa shape index (κ3) is 2.49. The van der Waals surface area contributed by atoms with Crippen LogP contribution in [0, 0.1) is 11.6 Å². The van der Waals surface area contributed by atoms with Crippen molar-refractivity contribution in [2.75, 3.05) is 5.73 Å². The molecule has 2 aromatic rings. The Morgan fingerprint density at radius 1 is 1.06 bits per heavy atom. The molecule has 0 saturated carbocycles. The zero-order valence-corrected chi connectivity index (χ0v) is 8.97. The predicted octanol–water partition coefficient (Wildman–Crippen LogP) is 3.09. The second kappa shape index (κ2) is 4.49. The van der Waals surface area contributed by atoms with E-state index in [0.717, 1.165) is 12.1 Å². The van der Waals surface area contributed by atoms with Crippen molar-refractivity contribution in [2.45, 2.75) is 9.92 Å². The minimum absolute atomic E-state index is 0.581. The van der Waals surface area contributed by atoms with E-state index >= 15 is 0 Å². The molecule has 0 radical (unpaired) electrons. The Labute approximate surface area is 95.5 Å².